The minimum atomic E-state index is -0.497. The van der Waals surface area contributed by atoms with Crippen molar-refractivity contribution in [3.8, 4) is 33.4 Å². The number of nitrogens with zero attached hydrogens (tertiary/aromatic N) is 1. The van der Waals surface area contributed by atoms with Crippen LogP contribution in [0.1, 0.15) is 59.7 Å². The third-order valence-electron chi connectivity index (χ3n) is 13.6. The molecule has 0 saturated heterocycles. The van der Waals surface area contributed by atoms with Crippen molar-refractivity contribution in [1.29, 1.82) is 0 Å². The molecule has 1 aromatic heterocycles. The van der Waals surface area contributed by atoms with E-state index in [0.717, 1.165) is 33.6 Å². The third-order valence-corrected chi connectivity index (χ3v) is 13.6. The van der Waals surface area contributed by atoms with Gasteiger partial charge in [0.15, 0.2) is 0 Å². The Hall–Kier alpha value is -7.16. The van der Waals surface area contributed by atoms with Crippen LogP contribution in [0, 0.1) is 13.8 Å². The average Bonchev–Trinajstić information content (AvgIpc) is 3.90. The van der Waals surface area contributed by atoms with E-state index in [1.807, 2.05) is 0 Å². The lowest BCUT2D eigenvalue weighted by molar-refractivity contribution is 0.590. The summed E-state index contributed by atoms with van der Waals surface area (Å²) < 4.78 is 6.64. The van der Waals surface area contributed by atoms with E-state index >= 15 is 0 Å². The van der Waals surface area contributed by atoms with Gasteiger partial charge in [0.25, 0.3) is 0 Å². The second-order valence-corrected chi connectivity index (χ2v) is 18.2. The number of fused-ring (bicyclic) bond motifs is 15. The van der Waals surface area contributed by atoms with Gasteiger partial charge < -0.3 is 9.32 Å². The molecule has 61 heavy (non-hydrogen) atoms. The first kappa shape index (κ1) is 35.8. The molecule has 292 valence electrons. The van der Waals surface area contributed by atoms with E-state index in [4.69, 9.17) is 4.42 Å². The van der Waals surface area contributed by atoms with Crippen molar-refractivity contribution in [2.75, 3.05) is 4.90 Å². The highest BCUT2D eigenvalue weighted by atomic mass is 16.3. The molecule has 9 aromatic carbocycles. The molecule has 0 N–H and O–H groups in total. The standard InChI is InChI=1S/C59H45NO/c1-36-23-27-44(35-48(36)38-15-7-6-8-16-38)60(42-29-25-41(26-30-42)58(3,4)5)43-28-24-39-33-49-52(34-40(39)32-43)59(50-20-12-9-17-45(50)46-18-10-13-21-51(46)59)57-37(2)31-54-55(56(49)57)47-19-11-14-22-53(47)61-54/h6-35H,1-5H3. The second-order valence-electron chi connectivity index (χ2n) is 18.2. The quantitative estimate of drug-likeness (QED) is 0.177. The van der Waals surface area contributed by atoms with E-state index in [1.54, 1.807) is 0 Å². The van der Waals surface area contributed by atoms with Crippen LogP contribution in [-0.4, -0.2) is 0 Å². The molecule has 12 rings (SSSR count). The number of hydrogen-bond donors (Lipinski definition) is 0. The Morgan fingerprint density at radius 1 is 0.459 bits per heavy atom. The molecule has 0 atom stereocenters. The maximum absolute atomic E-state index is 6.64. The number of benzene rings is 9. The molecule has 1 heterocycles. The van der Waals surface area contributed by atoms with Crippen LogP contribution < -0.4 is 4.90 Å². The van der Waals surface area contributed by atoms with Gasteiger partial charge in [-0.3, -0.25) is 0 Å². The lowest BCUT2D eigenvalue weighted by atomic mass is 9.69. The molecule has 2 nitrogen and oxygen atoms in total. The van der Waals surface area contributed by atoms with Gasteiger partial charge in [0.2, 0.25) is 0 Å². The number of hydrogen-bond acceptors (Lipinski definition) is 2. The van der Waals surface area contributed by atoms with Gasteiger partial charge >= 0.3 is 0 Å². The molecule has 2 aliphatic carbocycles. The fraction of sp³-hybridized carbons (Fsp3) is 0.119. The van der Waals surface area contributed by atoms with Crippen LogP contribution in [0.2, 0.25) is 0 Å². The molecular formula is C59H45NO. The summed E-state index contributed by atoms with van der Waals surface area (Å²) in [5, 5.41) is 4.78. The molecule has 0 aliphatic heterocycles. The summed E-state index contributed by atoms with van der Waals surface area (Å²) in [7, 11) is 0. The highest BCUT2D eigenvalue weighted by Gasteiger charge is 2.53. The first-order chi connectivity index (χ1) is 29.7. The van der Waals surface area contributed by atoms with Crippen molar-refractivity contribution in [1.82, 2.24) is 0 Å². The molecule has 0 amide bonds. The van der Waals surface area contributed by atoms with Gasteiger partial charge in [-0.1, -0.05) is 142 Å². The maximum atomic E-state index is 6.64. The molecule has 2 aliphatic rings. The second kappa shape index (κ2) is 12.9. The molecule has 0 radical (unpaired) electrons. The zero-order valence-electron chi connectivity index (χ0n) is 35.2. The molecule has 0 bridgehead atoms. The third kappa shape index (κ3) is 5.09. The van der Waals surface area contributed by atoms with Crippen LogP contribution in [0.3, 0.4) is 0 Å². The predicted octanol–water partition coefficient (Wildman–Crippen LogP) is 16.1. The molecule has 10 aromatic rings. The highest BCUT2D eigenvalue weighted by Crippen LogP contribution is 2.65. The Bertz CT molecular complexity index is 3370. The van der Waals surface area contributed by atoms with Crippen LogP contribution in [0.5, 0.6) is 0 Å². The largest absolute Gasteiger partial charge is 0.456 e. The smallest absolute Gasteiger partial charge is 0.136 e. The van der Waals surface area contributed by atoms with Crippen molar-refractivity contribution in [3.05, 3.63) is 221 Å². The van der Waals surface area contributed by atoms with Gasteiger partial charge in [-0.25, -0.2) is 0 Å². The first-order valence-electron chi connectivity index (χ1n) is 21.5. The normalized spacial score (nSPS) is 13.5. The fourth-order valence-corrected chi connectivity index (χ4v) is 10.9. The van der Waals surface area contributed by atoms with Crippen LogP contribution >= 0.6 is 0 Å². The average molecular weight is 784 g/mol. The number of para-hydroxylation sites is 1. The van der Waals surface area contributed by atoms with Gasteiger partial charge in [0, 0.05) is 27.8 Å². The fourth-order valence-electron chi connectivity index (χ4n) is 10.9. The minimum absolute atomic E-state index is 0.0503. The number of anilines is 3. The van der Waals surface area contributed by atoms with E-state index in [-0.39, 0.29) is 5.41 Å². The van der Waals surface area contributed by atoms with Gasteiger partial charge in [-0.2, -0.15) is 0 Å². The Morgan fingerprint density at radius 2 is 1.10 bits per heavy atom. The maximum Gasteiger partial charge on any atom is 0.136 e. The molecular weight excluding hydrogens is 739 g/mol. The van der Waals surface area contributed by atoms with Gasteiger partial charge in [0.1, 0.15) is 11.2 Å². The summed E-state index contributed by atoms with van der Waals surface area (Å²) >= 11 is 0. The van der Waals surface area contributed by atoms with Crippen molar-refractivity contribution in [3.63, 3.8) is 0 Å². The minimum Gasteiger partial charge on any atom is -0.456 e. The van der Waals surface area contributed by atoms with Crippen LogP contribution in [-0.2, 0) is 10.8 Å². The molecule has 1 spiro atoms. The van der Waals surface area contributed by atoms with Crippen molar-refractivity contribution in [2.45, 2.75) is 45.4 Å². The van der Waals surface area contributed by atoms with Crippen LogP contribution in [0.4, 0.5) is 17.1 Å². The van der Waals surface area contributed by atoms with E-state index < -0.39 is 5.41 Å². The van der Waals surface area contributed by atoms with Gasteiger partial charge in [-0.05, 0) is 163 Å². The number of rotatable bonds is 4. The summed E-state index contributed by atoms with van der Waals surface area (Å²) in [6.07, 6.45) is 0. The predicted molar refractivity (Wildman–Crippen MR) is 256 cm³/mol. The summed E-state index contributed by atoms with van der Waals surface area (Å²) in [5.74, 6) is 0. The van der Waals surface area contributed by atoms with E-state index in [9.17, 15) is 0 Å². The summed E-state index contributed by atoms with van der Waals surface area (Å²) in [5.41, 5.74) is 21.6. The van der Waals surface area contributed by atoms with Crippen molar-refractivity contribution >= 4 is 49.8 Å². The van der Waals surface area contributed by atoms with E-state index in [1.165, 1.54) is 88.5 Å². The molecule has 0 saturated carbocycles. The molecule has 2 heteroatoms. The number of furan rings is 1. The van der Waals surface area contributed by atoms with Crippen LogP contribution in [0.25, 0.3) is 66.1 Å². The Labute approximate surface area is 357 Å². The van der Waals surface area contributed by atoms with E-state index in [0.29, 0.717) is 0 Å². The Morgan fingerprint density at radius 3 is 1.84 bits per heavy atom. The van der Waals surface area contributed by atoms with Gasteiger partial charge in [-0.15, -0.1) is 0 Å². The lowest BCUT2D eigenvalue weighted by Gasteiger charge is -2.32. The first-order valence-corrected chi connectivity index (χ1v) is 21.5. The molecule has 0 unspecified atom stereocenters. The summed E-state index contributed by atoms with van der Waals surface area (Å²) in [4.78, 5) is 2.43. The number of aryl methyl sites for hydroxylation is 2. The Kier molecular flexibility index (Phi) is 7.57. The summed E-state index contributed by atoms with van der Waals surface area (Å²) in [6, 6.07) is 67.9. The zero-order valence-corrected chi connectivity index (χ0v) is 35.2. The Balaban J connectivity index is 1.14. The van der Waals surface area contributed by atoms with E-state index in [2.05, 4.69) is 222 Å². The lowest BCUT2D eigenvalue weighted by Crippen LogP contribution is -2.26. The topological polar surface area (TPSA) is 16.4 Å². The van der Waals surface area contributed by atoms with Crippen LogP contribution in [0.15, 0.2) is 186 Å². The van der Waals surface area contributed by atoms with Crippen molar-refractivity contribution in [2.24, 2.45) is 0 Å². The zero-order chi connectivity index (χ0) is 41.2. The summed E-state index contributed by atoms with van der Waals surface area (Å²) in [6.45, 7) is 11.3. The molecule has 0 fully saturated rings. The monoisotopic (exact) mass is 783 g/mol. The highest BCUT2D eigenvalue weighted by molar-refractivity contribution is 6.17. The van der Waals surface area contributed by atoms with Crippen molar-refractivity contribution < 1.29 is 4.42 Å². The SMILES string of the molecule is Cc1ccc(N(c2ccc(C(C)(C)C)cc2)c2ccc3cc4c(cc3c2)C2(c3ccccc3-c3ccccc32)c2c(C)cc3oc5ccccc5c3c2-4)cc1-c1ccccc1. The van der Waals surface area contributed by atoms with Gasteiger partial charge in [0.05, 0.1) is 5.41 Å².